The molecule has 5 rings (SSSR count). The minimum absolute atomic E-state index is 0.231. The number of nitrogens with one attached hydrogen (secondary N) is 2. The minimum Gasteiger partial charge on any atom is -0.493 e. The molecule has 9 nitrogen and oxygen atoms in total. The van der Waals surface area contributed by atoms with Gasteiger partial charge in [-0.05, 0) is 54.4 Å². The standard InChI is InChI=1S/C25H26N4O5/c1-28-22(30)9-8-21(25(28)33)29-13-17-10-18(4-7-20(17)24(29)32)27-23(31)16-2-5-19(6-3-16)34-14-15-11-26-12-15/h2-7,10,15,21,26H,8-9,11-14H2,1H3,(H,27,31). The van der Waals surface area contributed by atoms with Gasteiger partial charge in [0, 0.05) is 55.8 Å². The third kappa shape index (κ3) is 4.14. The van der Waals surface area contributed by atoms with Gasteiger partial charge in [0.15, 0.2) is 0 Å². The first-order chi connectivity index (χ1) is 16.4. The maximum atomic E-state index is 12.9. The van der Waals surface area contributed by atoms with Crippen molar-refractivity contribution in [3.63, 3.8) is 0 Å². The number of nitrogens with zero attached hydrogens (tertiary/aromatic N) is 2. The number of anilines is 1. The van der Waals surface area contributed by atoms with Gasteiger partial charge in [0.1, 0.15) is 11.8 Å². The summed E-state index contributed by atoms with van der Waals surface area (Å²) in [6.45, 7) is 2.86. The van der Waals surface area contributed by atoms with Crippen LogP contribution >= 0.6 is 0 Å². The Morgan fingerprint density at radius 2 is 1.88 bits per heavy atom. The number of likely N-dealkylation sites (tertiary alicyclic amines) is 1. The Morgan fingerprint density at radius 1 is 1.12 bits per heavy atom. The molecule has 9 heteroatoms. The summed E-state index contributed by atoms with van der Waals surface area (Å²) in [5, 5.41) is 6.07. The number of ether oxygens (including phenoxy) is 1. The van der Waals surface area contributed by atoms with Crippen LogP contribution in [0.1, 0.15) is 39.1 Å². The normalized spacial score (nSPS) is 20.3. The van der Waals surface area contributed by atoms with Crippen molar-refractivity contribution < 1.29 is 23.9 Å². The first-order valence-corrected chi connectivity index (χ1v) is 11.4. The zero-order valence-electron chi connectivity index (χ0n) is 18.9. The fraction of sp³-hybridized carbons (Fsp3) is 0.360. The summed E-state index contributed by atoms with van der Waals surface area (Å²) in [7, 11) is 1.45. The molecule has 2 N–H and O–H groups in total. The summed E-state index contributed by atoms with van der Waals surface area (Å²) in [5.74, 6) is 0.170. The maximum Gasteiger partial charge on any atom is 0.255 e. The molecule has 0 spiro atoms. The Bertz CT molecular complexity index is 1160. The number of imide groups is 1. The molecular weight excluding hydrogens is 436 g/mol. The highest BCUT2D eigenvalue weighted by Crippen LogP contribution is 2.30. The van der Waals surface area contributed by atoms with Gasteiger partial charge in [-0.3, -0.25) is 24.1 Å². The van der Waals surface area contributed by atoms with Crippen molar-refractivity contribution >= 4 is 29.3 Å². The van der Waals surface area contributed by atoms with Gasteiger partial charge in [-0.15, -0.1) is 0 Å². The lowest BCUT2D eigenvalue weighted by atomic mass is 10.0. The zero-order chi connectivity index (χ0) is 23.8. The predicted molar refractivity (Wildman–Crippen MR) is 123 cm³/mol. The van der Waals surface area contributed by atoms with Crippen molar-refractivity contribution in [2.45, 2.75) is 25.4 Å². The lowest BCUT2D eigenvalue weighted by molar-refractivity contribution is -0.150. The summed E-state index contributed by atoms with van der Waals surface area (Å²) in [5.41, 5.74) is 2.31. The second-order valence-electron chi connectivity index (χ2n) is 8.96. The third-order valence-electron chi connectivity index (χ3n) is 6.66. The van der Waals surface area contributed by atoms with Crippen LogP contribution < -0.4 is 15.4 Å². The second kappa shape index (κ2) is 8.90. The quantitative estimate of drug-likeness (QED) is 0.632. The average molecular weight is 463 g/mol. The molecule has 3 aliphatic heterocycles. The number of rotatable bonds is 6. The van der Waals surface area contributed by atoms with E-state index < -0.39 is 6.04 Å². The van der Waals surface area contributed by atoms with Crippen LogP contribution in [0.25, 0.3) is 0 Å². The number of piperidine rings is 1. The van der Waals surface area contributed by atoms with E-state index in [2.05, 4.69) is 10.6 Å². The zero-order valence-corrected chi connectivity index (χ0v) is 18.9. The van der Waals surface area contributed by atoms with Crippen molar-refractivity contribution in [2.24, 2.45) is 5.92 Å². The van der Waals surface area contributed by atoms with Crippen LogP contribution in [-0.4, -0.2) is 66.2 Å². The summed E-state index contributed by atoms with van der Waals surface area (Å²) in [6, 6.07) is 11.5. The number of hydrogen-bond acceptors (Lipinski definition) is 6. The lowest BCUT2D eigenvalue weighted by Gasteiger charge is -2.33. The Labute approximate surface area is 197 Å². The fourth-order valence-corrected chi connectivity index (χ4v) is 4.45. The van der Waals surface area contributed by atoms with Gasteiger partial charge in [-0.2, -0.15) is 0 Å². The average Bonchev–Trinajstić information content (AvgIpc) is 3.12. The summed E-state index contributed by atoms with van der Waals surface area (Å²) in [6.07, 6.45) is 0.554. The number of carbonyl (C=O) groups is 4. The highest BCUT2D eigenvalue weighted by atomic mass is 16.5. The molecule has 3 aliphatic rings. The van der Waals surface area contributed by atoms with Crippen molar-refractivity contribution in [2.75, 3.05) is 32.1 Å². The van der Waals surface area contributed by atoms with Gasteiger partial charge in [0.25, 0.3) is 17.7 Å². The number of hydrogen-bond donors (Lipinski definition) is 2. The largest absolute Gasteiger partial charge is 0.493 e. The van der Waals surface area contributed by atoms with Crippen LogP contribution in [0.4, 0.5) is 5.69 Å². The van der Waals surface area contributed by atoms with E-state index in [0.717, 1.165) is 29.3 Å². The number of benzene rings is 2. The molecule has 2 saturated heterocycles. The molecule has 176 valence electrons. The molecule has 0 aliphatic carbocycles. The van der Waals surface area contributed by atoms with E-state index in [1.165, 1.54) is 11.9 Å². The predicted octanol–water partition coefficient (Wildman–Crippen LogP) is 1.64. The summed E-state index contributed by atoms with van der Waals surface area (Å²) in [4.78, 5) is 52.5. The van der Waals surface area contributed by atoms with Gasteiger partial charge in [0.2, 0.25) is 5.91 Å². The lowest BCUT2D eigenvalue weighted by Crippen LogP contribution is -2.53. The topological polar surface area (TPSA) is 108 Å². The van der Waals surface area contributed by atoms with E-state index in [1.807, 2.05) is 0 Å². The number of fused-ring (bicyclic) bond motifs is 1. The van der Waals surface area contributed by atoms with E-state index in [1.54, 1.807) is 42.5 Å². The number of amides is 4. The van der Waals surface area contributed by atoms with E-state index in [4.69, 9.17) is 4.74 Å². The molecule has 0 aromatic heterocycles. The van der Waals surface area contributed by atoms with Crippen molar-refractivity contribution in [1.29, 1.82) is 0 Å². The second-order valence-corrected chi connectivity index (χ2v) is 8.96. The Kier molecular flexibility index (Phi) is 5.79. The van der Waals surface area contributed by atoms with Crippen molar-refractivity contribution in [3.8, 4) is 5.75 Å². The van der Waals surface area contributed by atoms with E-state index in [9.17, 15) is 19.2 Å². The number of likely N-dealkylation sites (N-methyl/N-ethyl adjacent to an activating group) is 1. The van der Waals surface area contributed by atoms with Crippen molar-refractivity contribution in [1.82, 2.24) is 15.1 Å². The molecule has 2 fully saturated rings. The van der Waals surface area contributed by atoms with E-state index >= 15 is 0 Å². The highest BCUT2D eigenvalue weighted by Gasteiger charge is 2.41. The molecule has 0 radical (unpaired) electrons. The molecule has 0 bridgehead atoms. The van der Waals surface area contributed by atoms with Gasteiger partial charge in [0.05, 0.1) is 6.61 Å². The fourth-order valence-electron chi connectivity index (χ4n) is 4.45. The SMILES string of the molecule is CN1C(=O)CCC(N2Cc3cc(NC(=O)c4ccc(OCC5CNC5)cc4)ccc3C2=O)C1=O. The van der Waals surface area contributed by atoms with E-state index in [-0.39, 0.29) is 36.6 Å². The molecule has 34 heavy (non-hydrogen) atoms. The van der Waals surface area contributed by atoms with Gasteiger partial charge < -0.3 is 20.3 Å². The molecule has 4 amide bonds. The Morgan fingerprint density at radius 3 is 2.59 bits per heavy atom. The monoisotopic (exact) mass is 462 g/mol. The molecule has 1 atom stereocenters. The molecule has 2 aromatic rings. The molecular formula is C25H26N4O5. The smallest absolute Gasteiger partial charge is 0.255 e. The number of carbonyl (C=O) groups excluding carboxylic acids is 4. The first kappa shape index (κ1) is 22.1. The van der Waals surface area contributed by atoms with E-state index in [0.29, 0.717) is 35.8 Å². The molecule has 1 unspecified atom stereocenters. The summed E-state index contributed by atoms with van der Waals surface area (Å²) >= 11 is 0. The Hall–Kier alpha value is -3.72. The highest BCUT2D eigenvalue weighted by molar-refractivity contribution is 6.07. The van der Waals surface area contributed by atoms with Crippen LogP contribution in [-0.2, 0) is 16.1 Å². The van der Waals surface area contributed by atoms with Crippen LogP contribution in [0, 0.1) is 5.92 Å². The third-order valence-corrected chi connectivity index (χ3v) is 6.66. The Balaban J connectivity index is 1.23. The van der Waals surface area contributed by atoms with Gasteiger partial charge >= 0.3 is 0 Å². The van der Waals surface area contributed by atoms with Gasteiger partial charge in [-0.1, -0.05) is 0 Å². The first-order valence-electron chi connectivity index (χ1n) is 11.4. The van der Waals surface area contributed by atoms with Crippen LogP contribution in [0.5, 0.6) is 5.75 Å². The minimum atomic E-state index is -0.651. The molecule has 3 heterocycles. The van der Waals surface area contributed by atoms with Crippen LogP contribution in [0.3, 0.4) is 0 Å². The molecule has 2 aromatic carbocycles. The van der Waals surface area contributed by atoms with Crippen LogP contribution in [0.15, 0.2) is 42.5 Å². The maximum absolute atomic E-state index is 12.9. The molecule has 0 saturated carbocycles. The van der Waals surface area contributed by atoms with Crippen LogP contribution in [0.2, 0.25) is 0 Å². The summed E-state index contributed by atoms with van der Waals surface area (Å²) < 4.78 is 5.75. The van der Waals surface area contributed by atoms with Gasteiger partial charge in [-0.25, -0.2) is 0 Å². The van der Waals surface area contributed by atoms with Crippen molar-refractivity contribution in [3.05, 3.63) is 59.2 Å².